The van der Waals surface area contributed by atoms with Crippen molar-refractivity contribution in [3.63, 3.8) is 0 Å². The number of rotatable bonds is 23. The first-order valence-corrected chi connectivity index (χ1v) is 22.2. The zero-order valence-corrected chi connectivity index (χ0v) is 35.0. The number of benzene rings is 2. The second kappa shape index (κ2) is 23.3. The van der Waals surface area contributed by atoms with Gasteiger partial charge in [0.2, 0.25) is 23.5 Å². The largest absolute Gasteiger partial charge is 0.372 e. The van der Waals surface area contributed by atoms with Crippen molar-refractivity contribution < 1.29 is 38.3 Å². The lowest BCUT2D eigenvalue weighted by molar-refractivity contribution is -0.146. The van der Waals surface area contributed by atoms with E-state index in [-0.39, 0.29) is 62.0 Å². The topological polar surface area (TPSA) is 170 Å². The Kier molecular flexibility index (Phi) is 18.0. The van der Waals surface area contributed by atoms with Gasteiger partial charge < -0.3 is 20.7 Å². The molecule has 11 heteroatoms. The molecule has 1 saturated heterocycles. The Morgan fingerprint density at radius 1 is 0.814 bits per heavy atom. The summed E-state index contributed by atoms with van der Waals surface area (Å²) in [5, 5.41) is 2.56. The van der Waals surface area contributed by atoms with Crippen LogP contribution in [0.15, 0.2) is 60.7 Å². The number of likely N-dealkylation sites (tertiary alicyclic amines) is 1. The number of nitrogens with one attached hydrogen (secondary N) is 1. The molecule has 0 spiro atoms. The molecule has 2 aliphatic carbocycles. The number of unbranched alkanes of at least 4 members (excludes halogenated alkanes) is 1. The number of primary amides is 1. The number of hydrogen-bond acceptors (Lipinski definition) is 8. The number of hydrogen-bond donors (Lipinski definition) is 2. The molecule has 59 heavy (non-hydrogen) atoms. The van der Waals surface area contributed by atoms with E-state index in [2.05, 4.69) is 5.32 Å². The predicted octanol–water partition coefficient (Wildman–Crippen LogP) is 7.33. The highest BCUT2D eigenvalue weighted by Gasteiger charge is 2.45. The fourth-order valence-corrected chi connectivity index (χ4v) is 9.43. The van der Waals surface area contributed by atoms with E-state index in [1.165, 1.54) is 6.42 Å². The van der Waals surface area contributed by atoms with E-state index in [0.29, 0.717) is 37.4 Å². The summed E-state index contributed by atoms with van der Waals surface area (Å²) in [6.45, 7) is 2.48. The van der Waals surface area contributed by atoms with Crippen molar-refractivity contribution in [1.29, 1.82) is 0 Å². The van der Waals surface area contributed by atoms with Crippen LogP contribution < -0.4 is 11.1 Å². The molecule has 2 aromatic rings. The van der Waals surface area contributed by atoms with Crippen molar-refractivity contribution >= 4 is 40.9 Å². The number of nitrogens with two attached hydrogens (primary N) is 1. The Labute approximate surface area is 350 Å². The van der Waals surface area contributed by atoms with Gasteiger partial charge in [0.1, 0.15) is 11.8 Å². The monoisotopic (exact) mass is 811 g/mol. The molecule has 0 aromatic heterocycles. The van der Waals surface area contributed by atoms with Crippen LogP contribution in [-0.4, -0.2) is 64.4 Å². The van der Waals surface area contributed by atoms with Gasteiger partial charge in [-0.25, -0.2) is 0 Å². The molecule has 11 nitrogen and oxygen atoms in total. The van der Waals surface area contributed by atoms with E-state index in [1.807, 2.05) is 37.3 Å². The molecule has 3 N–H and O–H groups in total. The van der Waals surface area contributed by atoms with Gasteiger partial charge in [0, 0.05) is 56.9 Å². The Bertz CT molecular complexity index is 1720. The number of ether oxygens (including phenoxy) is 1. The van der Waals surface area contributed by atoms with Gasteiger partial charge in [0.25, 0.3) is 0 Å². The SMILES string of the molecule is CCCCC(CC(=O)[C@@H]1C[C@@H](OCc2ccccc2)CN1C(=O)C(CC(=O)CC1CCCCC1)C1CCCCC1)C(=O)C(=O)CCC(=O)NC(C(N)=O)c1ccccc1. The third-order valence-electron chi connectivity index (χ3n) is 12.8. The van der Waals surface area contributed by atoms with Gasteiger partial charge in [-0.3, -0.25) is 33.6 Å². The molecule has 3 aliphatic rings. The van der Waals surface area contributed by atoms with Crippen molar-refractivity contribution in [2.75, 3.05) is 6.54 Å². The number of Topliss-reactive ketones (excluding diaryl/α,β-unsaturated/α-hetero) is 4. The molecule has 1 aliphatic heterocycles. The Balaban J connectivity index is 1.29. The van der Waals surface area contributed by atoms with Crippen molar-refractivity contribution in [2.45, 2.75) is 154 Å². The molecule has 0 bridgehead atoms. The van der Waals surface area contributed by atoms with E-state index in [4.69, 9.17) is 10.5 Å². The predicted molar refractivity (Wildman–Crippen MR) is 224 cm³/mol. The summed E-state index contributed by atoms with van der Waals surface area (Å²) < 4.78 is 6.34. The summed E-state index contributed by atoms with van der Waals surface area (Å²) in [7, 11) is 0. The normalized spacial score (nSPS) is 20.3. The third kappa shape index (κ3) is 13.8. The van der Waals surface area contributed by atoms with Crippen LogP contribution in [0.2, 0.25) is 0 Å². The Hall–Kier alpha value is -4.51. The molecular formula is C48H65N3O8. The Morgan fingerprint density at radius 3 is 2.10 bits per heavy atom. The maximum Gasteiger partial charge on any atom is 0.244 e. The summed E-state index contributed by atoms with van der Waals surface area (Å²) in [6.07, 6.45) is 11.7. The smallest absolute Gasteiger partial charge is 0.244 e. The van der Waals surface area contributed by atoms with Crippen LogP contribution >= 0.6 is 0 Å². The van der Waals surface area contributed by atoms with Crippen LogP contribution in [0.3, 0.4) is 0 Å². The first-order valence-electron chi connectivity index (χ1n) is 22.2. The fraction of sp³-hybridized carbons (Fsp3) is 0.604. The standard InChI is InChI=1S/C48H65N3O8/c1-2-3-20-37(46(56)42(53)25-26-44(55)50-45(47(49)57)36-23-14-7-15-24-36)28-43(54)41-30-39(59-32-34-18-10-5-11-19-34)31-51(41)48(58)40(35-21-12-6-13-22-35)29-38(52)27-33-16-8-4-9-17-33/h5,7,10-11,14-15,18-19,23-24,33,35,37,39-41,45H,2-4,6,8-9,12-13,16-17,20-22,25-32H2,1H3,(H2,49,57)(H,50,55)/t37?,39-,40?,41+,45?/m1/s1. The molecule has 5 atom stereocenters. The lowest BCUT2D eigenvalue weighted by Gasteiger charge is -2.34. The second-order valence-corrected chi connectivity index (χ2v) is 17.2. The minimum atomic E-state index is -1.09. The summed E-state index contributed by atoms with van der Waals surface area (Å²) in [4.78, 5) is 96.7. The molecule has 1 heterocycles. The van der Waals surface area contributed by atoms with Crippen molar-refractivity contribution in [1.82, 2.24) is 10.2 Å². The third-order valence-corrected chi connectivity index (χ3v) is 12.8. The molecule has 3 unspecified atom stereocenters. The first kappa shape index (κ1) is 45.6. The first-order chi connectivity index (χ1) is 28.5. The zero-order valence-electron chi connectivity index (χ0n) is 35.0. The van der Waals surface area contributed by atoms with Gasteiger partial charge in [-0.1, -0.05) is 132 Å². The van der Waals surface area contributed by atoms with Gasteiger partial charge in [-0.15, -0.1) is 0 Å². The lowest BCUT2D eigenvalue weighted by Crippen LogP contribution is -2.47. The van der Waals surface area contributed by atoms with Crippen molar-refractivity contribution in [2.24, 2.45) is 29.4 Å². The molecule has 3 amide bonds. The lowest BCUT2D eigenvalue weighted by atomic mass is 9.75. The Morgan fingerprint density at radius 2 is 1.46 bits per heavy atom. The van der Waals surface area contributed by atoms with E-state index in [0.717, 1.165) is 69.8 Å². The summed E-state index contributed by atoms with van der Waals surface area (Å²) in [5.74, 6) is -4.19. The highest BCUT2D eigenvalue weighted by Crippen LogP contribution is 2.37. The minimum absolute atomic E-state index is 0.0613. The van der Waals surface area contributed by atoms with Gasteiger partial charge in [-0.2, -0.15) is 0 Å². The van der Waals surface area contributed by atoms with Crippen LogP contribution in [0.25, 0.3) is 0 Å². The molecule has 5 rings (SSSR count). The zero-order chi connectivity index (χ0) is 42.1. The van der Waals surface area contributed by atoms with Crippen LogP contribution in [0.5, 0.6) is 0 Å². The van der Waals surface area contributed by atoms with E-state index in [1.54, 1.807) is 35.2 Å². The van der Waals surface area contributed by atoms with E-state index in [9.17, 15) is 33.6 Å². The number of nitrogens with zero attached hydrogens (tertiary/aromatic N) is 1. The molecular weight excluding hydrogens is 747 g/mol. The van der Waals surface area contributed by atoms with Crippen LogP contribution in [0.1, 0.15) is 146 Å². The average Bonchev–Trinajstić information content (AvgIpc) is 3.70. The van der Waals surface area contributed by atoms with Gasteiger partial charge in [-0.05, 0) is 42.2 Å². The van der Waals surface area contributed by atoms with Crippen molar-refractivity contribution in [3.8, 4) is 0 Å². The quantitative estimate of drug-likeness (QED) is 0.110. The maximum absolute atomic E-state index is 14.8. The van der Waals surface area contributed by atoms with Gasteiger partial charge >= 0.3 is 0 Å². The molecule has 0 radical (unpaired) electrons. The van der Waals surface area contributed by atoms with Gasteiger partial charge in [0.15, 0.2) is 11.6 Å². The number of carbonyl (C=O) groups is 7. The number of ketones is 4. The molecule has 320 valence electrons. The number of amides is 3. The van der Waals surface area contributed by atoms with Crippen LogP contribution in [0, 0.1) is 23.7 Å². The highest BCUT2D eigenvalue weighted by molar-refractivity contribution is 6.38. The molecule has 2 aromatic carbocycles. The number of carbonyl (C=O) groups excluding carboxylic acids is 7. The summed E-state index contributed by atoms with van der Waals surface area (Å²) >= 11 is 0. The summed E-state index contributed by atoms with van der Waals surface area (Å²) in [5.41, 5.74) is 7.01. The van der Waals surface area contributed by atoms with E-state index >= 15 is 0 Å². The van der Waals surface area contributed by atoms with Gasteiger partial charge in [0.05, 0.1) is 18.8 Å². The highest BCUT2D eigenvalue weighted by atomic mass is 16.5. The molecule has 3 fully saturated rings. The molecule has 2 saturated carbocycles. The summed E-state index contributed by atoms with van der Waals surface area (Å²) in [6, 6.07) is 16.3. The van der Waals surface area contributed by atoms with Crippen LogP contribution in [0.4, 0.5) is 0 Å². The van der Waals surface area contributed by atoms with Crippen molar-refractivity contribution in [3.05, 3.63) is 71.8 Å². The minimum Gasteiger partial charge on any atom is -0.372 e. The van der Waals surface area contributed by atoms with E-state index < -0.39 is 53.4 Å². The second-order valence-electron chi connectivity index (χ2n) is 17.2. The fourth-order valence-electron chi connectivity index (χ4n) is 9.43. The average molecular weight is 812 g/mol. The maximum atomic E-state index is 14.8. The van der Waals surface area contributed by atoms with Crippen LogP contribution in [-0.2, 0) is 44.9 Å².